The van der Waals surface area contributed by atoms with Crippen LogP contribution in [0.1, 0.15) is 52.4 Å². The number of ketones is 2. The number of ether oxygens (including phenoxy) is 1. The lowest BCUT2D eigenvalue weighted by Gasteiger charge is -2.57. The SMILES string of the molecule is C[C@]12CCC(=O)C=C1C(=O)C[C@@H]1[C@@H]2CC[C@@]2(C)[C@H]1C[C@H]1O[C@]12C#N. The third-order valence-corrected chi connectivity index (χ3v) is 8.38. The van der Waals surface area contributed by atoms with Gasteiger partial charge < -0.3 is 4.74 Å². The van der Waals surface area contributed by atoms with Crippen molar-refractivity contribution in [2.24, 2.45) is 28.6 Å². The van der Waals surface area contributed by atoms with Gasteiger partial charge in [0, 0.05) is 23.8 Å². The number of Topliss-reactive ketones (excluding diaryl/α,β-unsaturated/α-hetero) is 1. The summed E-state index contributed by atoms with van der Waals surface area (Å²) in [6.45, 7) is 4.42. The number of hydrogen-bond donors (Lipinski definition) is 0. The molecule has 0 amide bonds. The maximum atomic E-state index is 12.9. The number of fused-ring (bicyclic) bond motifs is 7. The fourth-order valence-electron chi connectivity index (χ4n) is 6.97. The molecular formula is C20H23NO3. The van der Waals surface area contributed by atoms with Crippen LogP contribution in [0.5, 0.6) is 0 Å². The minimum Gasteiger partial charge on any atom is -0.349 e. The van der Waals surface area contributed by atoms with Gasteiger partial charge in [-0.1, -0.05) is 13.8 Å². The van der Waals surface area contributed by atoms with Gasteiger partial charge in [0.2, 0.25) is 0 Å². The standard InChI is InChI=1S/C20H23NO3/c1-18-5-3-11(22)7-15(18)16(23)8-12-13(18)4-6-19(2)14(12)9-17-20(19,10-21)24-17/h7,12-14,17H,3-6,8-9H2,1-2H3/t12-,13+,14+,17-,18-,19+,20-/m1/s1. The molecule has 126 valence electrons. The average molecular weight is 325 g/mol. The molecule has 0 unspecified atom stereocenters. The van der Waals surface area contributed by atoms with Gasteiger partial charge in [0.15, 0.2) is 17.2 Å². The zero-order chi connectivity index (χ0) is 16.9. The molecule has 4 nitrogen and oxygen atoms in total. The van der Waals surface area contributed by atoms with Crippen LogP contribution in [0.25, 0.3) is 0 Å². The number of epoxide rings is 1. The van der Waals surface area contributed by atoms with Crippen molar-refractivity contribution in [2.75, 3.05) is 0 Å². The van der Waals surface area contributed by atoms with E-state index in [1.165, 1.54) is 0 Å². The number of carbonyl (C=O) groups excluding carboxylic acids is 2. The van der Waals surface area contributed by atoms with Crippen molar-refractivity contribution < 1.29 is 14.3 Å². The van der Waals surface area contributed by atoms with E-state index >= 15 is 0 Å². The smallest absolute Gasteiger partial charge is 0.186 e. The number of allylic oxidation sites excluding steroid dienone is 1. The predicted octanol–water partition coefficient (Wildman–Crippen LogP) is 2.97. The van der Waals surface area contributed by atoms with Gasteiger partial charge >= 0.3 is 0 Å². The van der Waals surface area contributed by atoms with E-state index in [1.54, 1.807) is 6.08 Å². The van der Waals surface area contributed by atoms with Crippen LogP contribution in [-0.2, 0) is 14.3 Å². The molecule has 0 N–H and O–H groups in total. The molecule has 1 aliphatic heterocycles. The van der Waals surface area contributed by atoms with Crippen LogP contribution in [0, 0.1) is 39.9 Å². The number of rotatable bonds is 0. The van der Waals surface area contributed by atoms with E-state index in [-0.39, 0.29) is 28.5 Å². The lowest BCUT2D eigenvalue weighted by Crippen LogP contribution is -2.54. The third-order valence-electron chi connectivity index (χ3n) is 8.38. The Kier molecular flexibility index (Phi) is 2.59. The predicted molar refractivity (Wildman–Crippen MR) is 85.7 cm³/mol. The second kappa shape index (κ2) is 4.19. The summed E-state index contributed by atoms with van der Waals surface area (Å²) < 4.78 is 5.81. The molecule has 4 aliphatic carbocycles. The van der Waals surface area contributed by atoms with Crippen molar-refractivity contribution in [3.8, 4) is 6.07 Å². The van der Waals surface area contributed by atoms with Crippen molar-refractivity contribution in [1.82, 2.24) is 0 Å². The molecular weight excluding hydrogens is 302 g/mol. The zero-order valence-corrected chi connectivity index (χ0v) is 14.3. The van der Waals surface area contributed by atoms with Gasteiger partial charge in [0.1, 0.15) is 12.2 Å². The van der Waals surface area contributed by atoms with E-state index in [0.29, 0.717) is 30.6 Å². The highest BCUT2D eigenvalue weighted by molar-refractivity contribution is 6.05. The topological polar surface area (TPSA) is 70.5 Å². The molecule has 0 bridgehead atoms. The van der Waals surface area contributed by atoms with Gasteiger partial charge in [-0.3, -0.25) is 9.59 Å². The Morgan fingerprint density at radius 3 is 2.79 bits per heavy atom. The summed E-state index contributed by atoms with van der Waals surface area (Å²) in [6.07, 6.45) is 6.58. The first-order valence-electron chi connectivity index (χ1n) is 9.23. The summed E-state index contributed by atoms with van der Waals surface area (Å²) in [4.78, 5) is 24.7. The van der Waals surface area contributed by atoms with Crippen molar-refractivity contribution in [3.63, 3.8) is 0 Å². The molecule has 24 heavy (non-hydrogen) atoms. The van der Waals surface area contributed by atoms with Gasteiger partial charge in [0.25, 0.3) is 0 Å². The molecule has 4 fully saturated rings. The Balaban J connectivity index is 1.56. The largest absolute Gasteiger partial charge is 0.349 e. The first-order chi connectivity index (χ1) is 11.4. The molecule has 5 aliphatic rings. The van der Waals surface area contributed by atoms with Crippen molar-refractivity contribution >= 4 is 11.6 Å². The first-order valence-corrected chi connectivity index (χ1v) is 9.23. The quantitative estimate of drug-likeness (QED) is 0.642. The maximum absolute atomic E-state index is 12.9. The highest BCUT2D eigenvalue weighted by Gasteiger charge is 2.78. The van der Waals surface area contributed by atoms with Crippen LogP contribution in [0.2, 0.25) is 0 Å². The summed E-state index contributed by atoms with van der Waals surface area (Å²) in [5.41, 5.74) is -0.0675. The zero-order valence-electron chi connectivity index (χ0n) is 14.3. The number of hydrogen-bond acceptors (Lipinski definition) is 4. The van der Waals surface area contributed by atoms with Gasteiger partial charge in [-0.05, 0) is 54.9 Å². The van der Waals surface area contributed by atoms with Crippen LogP contribution in [0.3, 0.4) is 0 Å². The molecule has 3 saturated carbocycles. The highest BCUT2D eigenvalue weighted by atomic mass is 16.6. The van der Waals surface area contributed by atoms with Crippen LogP contribution in [-0.4, -0.2) is 23.3 Å². The van der Waals surface area contributed by atoms with Crippen LogP contribution in [0.4, 0.5) is 0 Å². The Morgan fingerprint density at radius 2 is 2.04 bits per heavy atom. The van der Waals surface area contributed by atoms with E-state index in [0.717, 1.165) is 31.3 Å². The Labute approximate surface area is 142 Å². The lowest BCUT2D eigenvalue weighted by atomic mass is 9.46. The summed E-state index contributed by atoms with van der Waals surface area (Å²) in [6, 6.07) is 2.47. The molecule has 0 aromatic heterocycles. The summed E-state index contributed by atoms with van der Waals surface area (Å²) in [5.74, 6) is 1.47. The van der Waals surface area contributed by atoms with E-state index in [1.807, 2.05) is 0 Å². The third kappa shape index (κ3) is 1.45. The van der Waals surface area contributed by atoms with E-state index in [2.05, 4.69) is 19.9 Å². The molecule has 4 heteroatoms. The number of nitriles is 1. The number of carbonyl (C=O) groups is 2. The fraction of sp³-hybridized carbons (Fsp3) is 0.750. The average Bonchev–Trinajstić information content (AvgIpc) is 3.21. The Bertz CT molecular complexity index is 748. The second-order valence-corrected chi connectivity index (χ2v) is 9.09. The van der Waals surface area contributed by atoms with Crippen molar-refractivity contribution in [3.05, 3.63) is 11.6 Å². The molecule has 7 atom stereocenters. The minimum absolute atomic E-state index is 0.0732. The molecule has 5 rings (SSSR count). The normalized spacial score (nSPS) is 54.8. The molecule has 0 spiro atoms. The molecule has 0 radical (unpaired) electrons. The maximum Gasteiger partial charge on any atom is 0.186 e. The molecule has 1 saturated heterocycles. The fourth-order valence-corrected chi connectivity index (χ4v) is 6.97. The van der Waals surface area contributed by atoms with Crippen molar-refractivity contribution in [2.45, 2.75) is 64.1 Å². The molecule has 1 heterocycles. The van der Waals surface area contributed by atoms with Gasteiger partial charge in [-0.2, -0.15) is 5.26 Å². The summed E-state index contributed by atoms with van der Waals surface area (Å²) >= 11 is 0. The molecule has 0 aromatic rings. The van der Waals surface area contributed by atoms with Crippen LogP contribution >= 0.6 is 0 Å². The van der Waals surface area contributed by atoms with Gasteiger partial charge in [-0.25, -0.2) is 0 Å². The highest BCUT2D eigenvalue weighted by Crippen LogP contribution is 2.72. The van der Waals surface area contributed by atoms with E-state index in [4.69, 9.17) is 4.74 Å². The Hall–Kier alpha value is -1.47. The van der Waals surface area contributed by atoms with Crippen LogP contribution < -0.4 is 0 Å². The van der Waals surface area contributed by atoms with Gasteiger partial charge in [0.05, 0.1) is 0 Å². The number of nitrogens with zero attached hydrogens (tertiary/aromatic N) is 1. The van der Waals surface area contributed by atoms with Crippen molar-refractivity contribution in [1.29, 1.82) is 5.26 Å². The summed E-state index contributed by atoms with van der Waals surface area (Å²) in [7, 11) is 0. The Morgan fingerprint density at radius 1 is 1.25 bits per heavy atom. The summed E-state index contributed by atoms with van der Waals surface area (Å²) in [5, 5.41) is 9.70. The first kappa shape index (κ1) is 14.8. The second-order valence-electron chi connectivity index (χ2n) is 9.09. The lowest BCUT2D eigenvalue weighted by molar-refractivity contribution is -0.133. The van der Waals surface area contributed by atoms with Gasteiger partial charge in [-0.15, -0.1) is 0 Å². The minimum atomic E-state index is -0.592. The van der Waals surface area contributed by atoms with E-state index in [9.17, 15) is 14.9 Å². The van der Waals surface area contributed by atoms with Crippen LogP contribution in [0.15, 0.2) is 11.6 Å². The molecule has 0 aromatic carbocycles. The monoisotopic (exact) mass is 325 g/mol. The van der Waals surface area contributed by atoms with E-state index < -0.39 is 5.60 Å².